The quantitative estimate of drug-likeness (QED) is 0.299. The van der Waals surface area contributed by atoms with Crippen molar-refractivity contribution in [1.29, 1.82) is 0 Å². The molecule has 2 N–H and O–H groups in total. The fraction of sp³-hybridized carbons (Fsp3) is 0.154. The minimum Gasteiger partial charge on any atom is -0.485 e. The van der Waals surface area contributed by atoms with Gasteiger partial charge in [-0.05, 0) is 47.5 Å². The minimum atomic E-state index is -0.309. The molecule has 1 amide bonds. The number of guanidine groups is 1. The van der Waals surface area contributed by atoms with Crippen LogP contribution in [0.15, 0.2) is 89.0 Å². The van der Waals surface area contributed by atoms with E-state index in [1.165, 1.54) is 0 Å². The zero-order valence-corrected chi connectivity index (χ0v) is 20.6. The Morgan fingerprint density at radius 1 is 1.11 bits per heavy atom. The number of carbonyl (C=O) groups is 1. The summed E-state index contributed by atoms with van der Waals surface area (Å²) >= 11 is 6.11. The molecular formula is C26H23ClN8O2. The molecule has 4 aromatic rings. The molecule has 0 radical (unpaired) electrons. The van der Waals surface area contributed by atoms with E-state index in [4.69, 9.17) is 21.4 Å². The normalized spacial score (nSPS) is 15.4. The second kappa shape index (κ2) is 11.0. The van der Waals surface area contributed by atoms with Gasteiger partial charge in [0.15, 0.2) is 6.61 Å². The molecule has 0 aliphatic carbocycles. The van der Waals surface area contributed by atoms with Crippen molar-refractivity contribution in [2.45, 2.75) is 12.5 Å². The van der Waals surface area contributed by atoms with E-state index in [1.54, 1.807) is 36.3 Å². The summed E-state index contributed by atoms with van der Waals surface area (Å²) in [5.74, 6) is 1.05. The molecule has 1 aromatic heterocycles. The molecule has 10 nitrogen and oxygen atoms in total. The standard InChI is InChI=1S/C26H23ClN8O2/c1-28-26(29-25(36)19-9-13-21(14-10-19)37-16-23-30-33-34-31-23)35-15-22(17-5-3-2-4-6-17)24(32-35)18-7-11-20(27)12-8-18/h2-14,22H,15-16H2,1H3,(H,28,29,36)(H,30,31,33,34). The summed E-state index contributed by atoms with van der Waals surface area (Å²) in [6, 6.07) is 24.5. The molecule has 3 aromatic carbocycles. The highest BCUT2D eigenvalue weighted by Crippen LogP contribution is 2.29. The Balaban J connectivity index is 1.31. The van der Waals surface area contributed by atoms with E-state index in [2.05, 4.69) is 43.1 Å². The summed E-state index contributed by atoms with van der Waals surface area (Å²) in [7, 11) is 1.62. The van der Waals surface area contributed by atoms with Crippen LogP contribution in [-0.2, 0) is 6.61 Å². The fourth-order valence-electron chi connectivity index (χ4n) is 3.97. The van der Waals surface area contributed by atoms with Gasteiger partial charge in [0.1, 0.15) is 5.75 Å². The van der Waals surface area contributed by atoms with Gasteiger partial charge in [-0.3, -0.25) is 15.1 Å². The number of carbonyl (C=O) groups excluding carboxylic acids is 1. The fourth-order valence-corrected chi connectivity index (χ4v) is 4.09. The van der Waals surface area contributed by atoms with E-state index in [0.29, 0.717) is 34.7 Å². The molecule has 186 valence electrons. The van der Waals surface area contributed by atoms with E-state index in [9.17, 15) is 4.79 Å². The number of aromatic nitrogens is 4. The molecule has 0 fully saturated rings. The Labute approximate surface area is 218 Å². The molecule has 1 aliphatic rings. The summed E-state index contributed by atoms with van der Waals surface area (Å²) in [6.45, 7) is 0.692. The topological polar surface area (TPSA) is 121 Å². The van der Waals surface area contributed by atoms with E-state index in [-0.39, 0.29) is 18.4 Å². The average molecular weight is 515 g/mol. The Morgan fingerprint density at radius 3 is 2.54 bits per heavy atom. The Bertz CT molecular complexity index is 1410. The van der Waals surface area contributed by atoms with Crippen molar-refractivity contribution >= 4 is 29.2 Å². The third kappa shape index (κ3) is 5.65. The maximum atomic E-state index is 13.0. The Kier molecular flexibility index (Phi) is 7.18. The van der Waals surface area contributed by atoms with Crippen molar-refractivity contribution in [3.63, 3.8) is 0 Å². The van der Waals surface area contributed by atoms with Crippen LogP contribution in [-0.4, -0.2) is 56.8 Å². The van der Waals surface area contributed by atoms with Crippen LogP contribution in [0.25, 0.3) is 0 Å². The molecule has 1 unspecified atom stereocenters. The van der Waals surface area contributed by atoms with E-state index in [0.717, 1.165) is 16.8 Å². The molecule has 0 bridgehead atoms. The Morgan fingerprint density at radius 2 is 1.86 bits per heavy atom. The van der Waals surface area contributed by atoms with Gasteiger partial charge in [0.05, 0.1) is 12.3 Å². The van der Waals surface area contributed by atoms with E-state index >= 15 is 0 Å². The monoisotopic (exact) mass is 514 g/mol. The summed E-state index contributed by atoms with van der Waals surface area (Å²) < 4.78 is 5.61. The first-order valence-corrected chi connectivity index (χ1v) is 11.9. The number of hydrogen-bond donors (Lipinski definition) is 2. The van der Waals surface area contributed by atoms with Crippen LogP contribution >= 0.6 is 11.6 Å². The lowest BCUT2D eigenvalue weighted by molar-refractivity contribution is 0.0972. The lowest BCUT2D eigenvalue weighted by atomic mass is 9.91. The average Bonchev–Trinajstić information content (AvgIpc) is 3.62. The van der Waals surface area contributed by atoms with Gasteiger partial charge in [-0.25, -0.2) is 5.01 Å². The highest BCUT2D eigenvalue weighted by molar-refractivity contribution is 6.30. The second-order valence-electron chi connectivity index (χ2n) is 8.18. The van der Waals surface area contributed by atoms with Gasteiger partial charge in [-0.1, -0.05) is 59.3 Å². The molecule has 0 spiro atoms. The third-order valence-corrected chi connectivity index (χ3v) is 6.06. The number of aliphatic imine (C=N–C) groups is 1. The number of hydrazone groups is 1. The first-order chi connectivity index (χ1) is 18.1. The second-order valence-corrected chi connectivity index (χ2v) is 8.62. The van der Waals surface area contributed by atoms with E-state index in [1.807, 2.05) is 42.5 Å². The van der Waals surface area contributed by atoms with Crippen molar-refractivity contribution in [2.24, 2.45) is 10.1 Å². The molecule has 11 heteroatoms. The number of amides is 1. The molecule has 1 aliphatic heterocycles. The lowest BCUT2D eigenvalue weighted by Gasteiger charge is -2.18. The summed E-state index contributed by atoms with van der Waals surface area (Å²) in [6.07, 6.45) is 0. The number of rotatable bonds is 6. The highest BCUT2D eigenvalue weighted by Gasteiger charge is 2.32. The number of aromatic amines is 1. The van der Waals surface area contributed by atoms with E-state index < -0.39 is 0 Å². The molecule has 2 heterocycles. The van der Waals surface area contributed by atoms with Gasteiger partial charge in [-0.15, -0.1) is 10.2 Å². The van der Waals surface area contributed by atoms with Crippen LogP contribution in [0.3, 0.4) is 0 Å². The summed E-state index contributed by atoms with van der Waals surface area (Å²) in [5.41, 5.74) is 3.41. The number of nitrogens with zero attached hydrogens (tertiary/aromatic N) is 6. The van der Waals surface area contributed by atoms with Crippen molar-refractivity contribution in [2.75, 3.05) is 13.6 Å². The molecule has 0 saturated carbocycles. The molecular weight excluding hydrogens is 492 g/mol. The molecule has 37 heavy (non-hydrogen) atoms. The van der Waals surface area contributed by atoms with Crippen LogP contribution in [0, 0.1) is 0 Å². The smallest absolute Gasteiger partial charge is 0.258 e. The number of H-pyrrole nitrogens is 1. The van der Waals surface area contributed by atoms with Crippen molar-refractivity contribution in [3.05, 3.63) is 106 Å². The van der Waals surface area contributed by atoms with Crippen LogP contribution in [0.1, 0.15) is 33.2 Å². The Hall–Kier alpha value is -4.57. The predicted molar refractivity (Wildman–Crippen MR) is 140 cm³/mol. The number of ether oxygens (including phenoxy) is 1. The third-order valence-electron chi connectivity index (χ3n) is 5.81. The van der Waals surface area contributed by atoms with Crippen LogP contribution in [0.5, 0.6) is 5.75 Å². The van der Waals surface area contributed by atoms with Crippen molar-refractivity contribution in [3.8, 4) is 5.75 Å². The largest absolute Gasteiger partial charge is 0.485 e. The van der Waals surface area contributed by atoms with Gasteiger partial charge in [0, 0.05) is 23.6 Å². The van der Waals surface area contributed by atoms with Crippen LogP contribution in [0.2, 0.25) is 5.02 Å². The van der Waals surface area contributed by atoms with Gasteiger partial charge >= 0.3 is 0 Å². The molecule has 0 saturated heterocycles. The number of halogens is 1. The molecule has 1 atom stereocenters. The van der Waals surface area contributed by atoms with Gasteiger partial charge in [0.2, 0.25) is 11.8 Å². The first kappa shape index (κ1) is 24.1. The highest BCUT2D eigenvalue weighted by atomic mass is 35.5. The number of tetrazole rings is 1. The zero-order chi connectivity index (χ0) is 25.6. The van der Waals surface area contributed by atoms with Crippen LogP contribution < -0.4 is 10.1 Å². The van der Waals surface area contributed by atoms with Gasteiger partial charge in [0.25, 0.3) is 5.91 Å². The first-order valence-electron chi connectivity index (χ1n) is 11.5. The summed E-state index contributed by atoms with van der Waals surface area (Å²) in [5, 5.41) is 23.7. The maximum absolute atomic E-state index is 13.0. The molecule has 5 rings (SSSR count). The van der Waals surface area contributed by atoms with Gasteiger partial charge in [-0.2, -0.15) is 10.3 Å². The number of nitrogens with one attached hydrogen (secondary N) is 2. The van der Waals surface area contributed by atoms with Crippen molar-refractivity contribution in [1.82, 2.24) is 30.9 Å². The maximum Gasteiger partial charge on any atom is 0.258 e. The van der Waals surface area contributed by atoms with Crippen molar-refractivity contribution < 1.29 is 9.53 Å². The van der Waals surface area contributed by atoms with Gasteiger partial charge < -0.3 is 4.74 Å². The lowest BCUT2D eigenvalue weighted by Crippen LogP contribution is -2.41. The minimum absolute atomic E-state index is 0.00772. The summed E-state index contributed by atoms with van der Waals surface area (Å²) in [4.78, 5) is 17.3. The SMILES string of the molecule is CN=C(NC(=O)c1ccc(OCc2nn[nH]n2)cc1)N1CC(c2ccccc2)C(c2ccc(Cl)cc2)=N1. The number of hydrogen-bond acceptors (Lipinski definition) is 7. The number of benzene rings is 3. The zero-order valence-electron chi connectivity index (χ0n) is 19.9. The van der Waals surface area contributed by atoms with Crippen LogP contribution in [0.4, 0.5) is 0 Å². The predicted octanol–water partition coefficient (Wildman–Crippen LogP) is 3.65.